The number of rotatable bonds is 10. The first-order valence-corrected chi connectivity index (χ1v) is 14.1. The topological polar surface area (TPSA) is 246 Å². The standard InChI is InChI=1S/C23H24N6O9S2/c1-37-18-8-7-13(39(32,33)10-9-30)11-16(18)27-29-22-20(24)17(12-19(21(22)25)40(34,35)36)28-26-15-6-4-3-5-14(15)23(31)38-2/h3-8,11-12,30H,9-10,24-25H2,1-2H3,(H,34,35,36). The van der Waals surface area contributed by atoms with E-state index in [2.05, 4.69) is 20.5 Å². The number of carbonyl (C=O) groups is 1. The minimum Gasteiger partial charge on any atom is -0.494 e. The maximum absolute atomic E-state index is 12.4. The van der Waals surface area contributed by atoms with Crippen molar-refractivity contribution in [2.75, 3.05) is 38.0 Å². The van der Waals surface area contributed by atoms with Crippen LogP contribution in [-0.4, -0.2) is 59.0 Å². The zero-order valence-corrected chi connectivity index (χ0v) is 22.7. The fraction of sp³-hybridized carbons (Fsp3) is 0.174. The van der Waals surface area contributed by atoms with E-state index in [1.54, 1.807) is 12.1 Å². The number of methoxy groups -OCH3 is 2. The Bertz CT molecular complexity index is 1720. The van der Waals surface area contributed by atoms with Crippen LogP contribution in [0.3, 0.4) is 0 Å². The van der Waals surface area contributed by atoms with Crippen molar-refractivity contribution in [3.05, 3.63) is 54.1 Å². The summed E-state index contributed by atoms with van der Waals surface area (Å²) in [5.41, 5.74) is 10.5. The summed E-state index contributed by atoms with van der Waals surface area (Å²) >= 11 is 0. The van der Waals surface area contributed by atoms with E-state index < -0.39 is 54.6 Å². The minimum absolute atomic E-state index is 0.0563. The van der Waals surface area contributed by atoms with Crippen molar-refractivity contribution in [1.29, 1.82) is 0 Å². The van der Waals surface area contributed by atoms with Gasteiger partial charge in [0.15, 0.2) is 9.84 Å². The highest BCUT2D eigenvalue weighted by Gasteiger charge is 2.23. The number of nitrogens with zero attached hydrogens (tertiary/aromatic N) is 4. The maximum atomic E-state index is 12.4. The molecule has 0 spiro atoms. The Balaban J connectivity index is 2.19. The number of nitrogens with two attached hydrogens (primary N) is 2. The normalized spacial score (nSPS) is 12.2. The van der Waals surface area contributed by atoms with Crippen molar-refractivity contribution in [1.82, 2.24) is 0 Å². The molecule has 40 heavy (non-hydrogen) atoms. The molecule has 0 bridgehead atoms. The Kier molecular flexibility index (Phi) is 9.15. The third-order valence-corrected chi connectivity index (χ3v) is 7.89. The number of benzene rings is 3. The average Bonchev–Trinajstić information content (AvgIpc) is 2.91. The largest absolute Gasteiger partial charge is 0.494 e. The van der Waals surface area contributed by atoms with Crippen molar-refractivity contribution < 1.29 is 40.8 Å². The first kappa shape index (κ1) is 30.1. The zero-order valence-electron chi connectivity index (χ0n) is 21.0. The van der Waals surface area contributed by atoms with E-state index in [1.165, 1.54) is 38.5 Å². The van der Waals surface area contributed by atoms with Crippen molar-refractivity contribution in [2.45, 2.75) is 9.79 Å². The molecule has 0 aromatic heterocycles. The second kappa shape index (κ2) is 12.2. The highest BCUT2D eigenvalue weighted by atomic mass is 32.2. The van der Waals surface area contributed by atoms with Gasteiger partial charge in [-0.15, -0.1) is 20.5 Å². The summed E-state index contributed by atoms with van der Waals surface area (Å²) in [6.07, 6.45) is 0. The van der Waals surface area contributed by atoms with Crippen molar-refractivity contribution in [2.24, 2.45) is 20.5 Å². The van der Waals surface area contributed by atoms with Crippen molar-refractivity contribution >= 4 is 60.0 Å². The molecule has 0 heterocycles. The molecule has 3 rings (SSSR count). The first-order chi connectivity index (χ1) is 18.8. The van der Waals surface area contributed by atoms with E-state index in [0.29, 0.717) is 0 Å². The molecule has 0 amide bonds. The molecule has 6 N–H and O–H groups in total. The number of carbonyl (C=O) groups excluding carboxylic acids is 1. The smallest absolute Gasteiger partial charge is 0.340 e. The number of aliphatic hydroxyl groups excluding tert-OH is 1. The maximum Gasteiger partial charge on any atom is 0.340 e. The SMILES string of the molecule is COC(=O)c1ccccc1N=Nc1cc(S(=O)(=O)O)c(N)c(N=Nc2cc(S(=O)(=O)CCO)ccc2OC)c1N. The number of hydrogen-bond acceptors (Lipinski definition) is 14. The molecule has 15 nitrogen and oxygen atoms in total. The lowest BCUT2D eigenvalue weighted by molar-refractivity contribution is 0.0601. The molecule has 0 aliphatic carbocycles. The Morgan fingerprint density at radius 3 is 2.15 bits per heavy atom. The first-order valence-electron chi connectivity index (χ1n) is 11.1. The van der Waals surface area contributed by atoms with Gasteiger partial charge in [-0.05, 0) is 36.4 Å². The molecule has 0 unspecified atom stereocenters. The van der Waals surface area contributed by atoms with Crippen LogP contribution in [0.25, 0.3) is 0 Å². The number of ether oxygens (including phenoxy) is 2. The molecule has 212 valence electrons. The van der Waals surface area contributed by atoms with Gasteiger partial charge in [-0.3, -0.25) is 4.55 Å². The van der Waals surface area contributed by atoms with Gasteiger partial charge < -0.3 is 26.0 Å². The predicted molar refractivity (Wildman–Crippen MR) is 143 cm³/mol. The Morgan fingerprint density at radius 2 is 1.52 bits per heavy atom. The third kappa shape index (κ3) is 6.57. The molecule has 0 atom stereocenters. The molecule has 0 saturated carbocycles. The second-order valence-electron chi connectivity index (χ2n) is 7.83. The van der Waals surface area contributed by atoms with Gasteiger partial charge in [-0.25, -0.2) is 13.2 Å². The van der Waals surface area contributed by atoms with Gasteiger partial charge in [0, 0.05) is 0 Å². The summed E-state index contributed by atoms with van der Waals surface area (Å²) in [6, 6.07) is 10.5. The molecular formula is C23H24N6O9S2. The molecule has 3 aromatic rings. The number of hydrogen-bond donors (Lipinski definition) is 4. The molecule has 0 saturated heterocycles. The van der Waals surface area contributed by atoms with Gasteiger partial charge in [0.2, 0.25) is 0 Å². The quantitative estimate of drug-likeness (QED) is 0.115. The third-order valence-electron chi connectivity index (χ3n) is 5.30. The summed E-state index contributed by atoms with van der Waals surface area (Å²) < 4.78 is 68.5. The van der Waals surface area contributed by atoms with Gasteiger partial charge in [0.1, 0.15) is 33.4 Å². The van der Waals surface area contributed by atoms with Crippen LogP contribution in [0.15, 0.2) is 78.8 Å². The van der Waals surface area contributed by atoms with Crippen LogP contribution >= 0.6 is 0 Å². The van der Waals surface area contributed by atoms with Crippen LogP contribution in [0.1, 0.15) is 10.4 Å². The van der Waals surface area contributed by atoms with E-state index in [0.717, 1.165) is 12.1 Å². The average molecular weight is 593 g/mol. The van der Waals surface area contributed by atoms with E-state index in [4.69, 9.17) is 26.0 Å². The summed E-state index contributed by atoms with van der Waals surface area (Å²) in [6.45, 7) is -0.609. The Morgan fingerprint density at radius 1 is 0.875 bits per heavy atom. The molecule has 0 fully saturated rings. The molecule has 0 radical (unpaired) electrons. The van der Waals surface area contributed by atoms with Crippen molar-refractivity contribution in [3.63, 3.8) is 0 Å². The van der Waals surface area contributed by atoms with Gasteiger partial charge in [-0.1, -0.05) is 12.1 Å². The van der Waals surface area contributed by atoms with E-state index >= 15 is 0 Å². The Labute approximate surface area is 228 Å². The van der Waals surface area contributed by atoms with E-state index in [1.807, 2.05) is 0 Å². The summed E-state index contributed by atoms with van der Waals surface area (Å²) in [5, 5.41) is 24.8. The molecule has 0 aliphatic heterocycles. The van der Waals surface area contributed by atoms with Crippen LogP contribution in [0.2, 0.25) is 0 Å². The Hall–Kier alpha value is -4.45. The number of aliphatic hydroxyl groups is 1. The van der Waals surface area contributed by atoms with Gasteiger partial charge in [-0.2, -0.15) is 8.42 Å². The van der Waals surface area contributed by atoms with E-state index in [-0.39, 0.29) is 39.0 Å². The minimum atomic E-state index is -4.92. The highest BCUT2D eigenvalue weighted by molar-refractivity contribution is 7.91. The van der Waals surface area contributed by atoms with Crippen LogP contribution in [0, 0.1) is 0 Å². The van der Waals surface area contributed by atoms with Crippen LogP contribution < -0.4 is 16.2 Å². The molecule has 17 heteroatoms. The summed E-state index contributed by atoms with van der Waals surface area (Å²) in [5.74, 6) is -1.15. The number of nitrogen functional groups attached to an aromatic ring is 2. The lowest BCUT2D eigenvalue weighted by Gasteiger charge is -2.11. The molecule has 0 aliphatic rings. The van der Waals surface area contributed by atoms with Crippen molar-refractivity contribution in [3.8, 4) is 5.75 Å². The number of sulfone groups is 1. The number of azo groups is 2. The van der Waals surface area contributed by atoms with Crippen LogP contribution in [0.4, 0.5) is 34.1 Å². The summed E-state index contributed by atoms with van der Waals surface area (Å²) in [7, 11) is -6.31. The van der Waals surface area contributed by atoms with Gasteiger partial charge >= 0.3 is 5.97 Å². The lowest BCUT2D eigenvalue weighted by atomic mass is 10.2. The lowest BCUT2D eigenvalue weighted by Crippen LogP contribution is -2.09. The monoisotopic (exact) mass is 592 g/mol. The van der Waals surface area contributed by atoms with Gasteiger partial charge in [0.25, 0.3) is 10.1 Å². The van der Waals surface area contributed by atoms with E-state index in [9.17, 15) is 26.2 Å². The van der Waals surface area contributed by atoms with Crippen LogP contribution in [0.5, 0.6) is 5.75 Å². The second-order valence-corrected chi connectivity index (χ2v) is 11.3. The fourth-order valence-electron chi connectivity index (χ4n) is 3.30. The highest BCUT2D eigenvalue weighted by Crippen LogP contribution is 2.44. The van der Waals surface area contributed by atoms with Crippen LogP contribution in [-0.2, 0) is 24.7 Å². The summed E-state index contributed by atoms with van der Waals surface area (Å²) in [4.78, 5) is 11.0. The predicted octanol–water partition coefficient (Wildman–Crippen LogP) is 3.49. The molecular weight excluding hydrogens is 568 g/mol. The number of anilines is 2. The van der Waals surface area contributed by atoms with Gasteiger partial charge in [0.05, 0.1) is 48.4 Å². The zero-order chi connectivity index (χ0) is 29.7. The molecule has 3 aromatic carbocycles. The fourth-order valence-corrected chi connectivity index (χ4v) is 4.98. The number of esters is 1.